The second-order valence-corrected chi connectivity index (χ2v) is 4.58. The van der Waals surface area contributed by atoms with Gasteiger partial charge in [-0.1, -0.05) is 11.6 Å². The average molecular weight is 244 g/mol. The average Bonchev–Trinajstić information content (AvgIpc) is 2.18. The lowest BCUT2D eigenvalue weighted by atomic mass is 10.1. The van der Waals surface area contributed by atoms with E-state index in [1.54, 1.807) is 6.92 Å². The van der Waals surface area contributed by atoms with Gasteiger partial charge in [0.2, 0.25) is 0 Å². The van der Waals surface area contributed by atoms with Gasteiger partial charge in [-0.05, 0) is 45.2 Å². The van der Waals surface area contributed by atoms with E-state index < -0.39 is 0 Å². The van der Waals surface area contributed by atoms with Crippen molar-refractivity contribution in [2.75, 3.05) is 5.32 Å². The van der Waals surface area contributed by atoms with Crippen LogP contribution in [0.1, 0.15) is 31.4 Å². The summed E-state index contributed by atoms with van der Waals surface area (Å²) >= 11 is 5.87. The molecule has 1 aromatic heterocycles. The van der Waals surface area contributed by atoms with Crippen LogP contribution >= 0.6 is 11.6 Å². The van der Waals surface area contributed by atoms with Crippen molar-refractivity contribution >= 4 is 17.4 Å². The number of hydrogen-bond donors (Lipinski definition) is 2. The van der Waals surface area contributed by atoms with Crippen LogP contribution < -0.4 is 5.32 Å². The van der Waals surface area contributed by atoms with E-state index in [0.29, 0.717) is 11.6 Å². The largest absolute Gasteiger partial charge is 0.393 e. The minimum atomic E-state index is -0.329. The second kappa shape index (κ2) is 5.46. The van der Waals surface area contributed by atoms with Crippen LogP contribution in [0.2, 0.25) is 5.15 Å². The van der Waals surface area contributed by atoms with Crippen LogP contribution in [0.25, 0.3) is 0 Å². The summed E-state index contributed by atoms with van der Waals surface area (Å²) in [6, 6.07) is 0.147. The molecule has 2 atom stereocenters. The smallest absolute Gasteiger partial charge is 0.155 e. The van der Waals surface area contributed by atoms with Gasteiger partial charge in [-0.3, -0.25) is 0 Å². The molecule has 5 heteroatoms. The Kier molecular flexibility index (Phi) is 4.50. The van der Waals surface area contributed by atoms with Gasteiger partial charge in [-0.15, -0.1) is 10.2 Å². The lowest BCUT2D eigenvalue weighted by Gasteiger charge is -2.17. The van der Waals surface area contributed by atoms with Crippen molar-refractivity contribution < 1.29 is 5.11 Å². The number of nitrogens with one attached hydrogen (secondary N) is 1. The molecule has 2 unspecified atom stereocenters. The fraction of sp³-hybridized carbons (Fsp3) is 0.636. The molecule has 1 rings (SSSR count). The molecule has 0 saturated heterocycles. The normalized spacial score (nSPS) is 14.6. The first kappa shape index (κ1) is 13.2. The van der Waals surface area contributed by atoms with Crippen molar-refractivity contribution in [2.24, 2.45) is 0 Å². The van der Waals surface area contributed by atoms with E-state index in [9.17, 15) is 5.11 Å². The highest BCUT2D eigenvalue weighted by atomic mass is 35.5. The maximum absolute atomic E-state index is 9.27. The van der Waals surface area contributed by atoms with Gasteiger partial charge in [-0.2, -0.15) is 0 Å². The minimum Gasteiger partial charge on any atom is -0.393 e. The fourth-order valence-electron chi connectivity index (χ4n) is 1.52. The molecule has 2 N–H and O–H groups in total. The Labute approximate surface area is 101 Å². The van der Waals surface area contributed by atoms with E-state index in [1.807, 2.05) is 20.8 Å². The number of hydrogen-bond acceptors (Lipinski definition) is 4. The van der Waals surface area contributed by atoms with Crippen LogP contribution in [-0.2, 0) is 0 Å². The van der Waals surface area contributed by atoms with Gasteiger partial charge in [0.05, 0.1) is 6.10 Å². The highest BCUT2D eigenvalue weighted by Gasteiger charge is 2.11. The van der Waals surface area contributed by atoms with Crippen molar-refractivity contribution in [3.05, 3.63) is 16.3 Å². The number of aliphatic hydroxyl groups is 1. The first-order valence-corrected chi connectivity index (χ1v) is 5.73. The molecule has 0 aliphatic heterocycles. The zero-order valence-electron chi connectivity index (χ0n) is 10.1. The predicted octanol–water partition coefficient (Wildman–Crippen LogP) is 2.32. The Hall–Kier alpha value is -0.870. The molecule has 16 heavy (non-hydrogen) atoms. The summed E-state index contributed by atoms with van der Waals surface area (Å²) in [5.74, 6) is 0.732. The minimum absolute atomic E-state index is 0.147. The first-order chi connectivity index (χ1) is 7.41. The third-order valence-corrected chi connectivity index (χ3v) is 2.90. The molecule has 0 saturated carbocycles. The molecule has 0 aliphatic carbocycles. The third kappa shape index (κ3) is 3.32. The molecule has 1 heterocycles. The third-order valence-electron chi connectivity index (χ3n) is 2.54. The van der Waals surface area contributed by atoms with Crippen molar-refractivity contribution in [2.45, 2.75) is 46.3 Å². The molecule has 0 aliphatic rings. The quantitative estimate of drug-likeness (QED) is 0.852. The highest BCUT2D eigenvalue weighted by Crippen LogP contribution is 2.21. The SMILES string of the molecule is Cc1c(Cl)nnc(NC(C)CC(C)O)c1C. The zero-order valence-corrected chi connectivity index (χ0v) is 10.8. The van der Waals surface area contributed by atoms with E-state index in [-0.39, 0.29) is 12.1 Å². The maximum atomic E-state index is 9.27. The number of anilines is 1. The fourth-order valence-corrected chi connectivity index (χ4v) is 1.70. The van der Waals surface area contributed by atoms with Crippen LogP contribution in [0.5, 0.6) is 0 Å². The van der Waals surface area contributed by atoms with Gasteiger partial charge in [0.15, 0.2) is 11.0 Å². The lowest BCUT2D eigenvalue weighted by Crippen LogP contribution is -2.22. The Bertz CT molecular complexity index is 368. The monoisotopic (exact) mass is 243 g/mol. The molecule has 4 nitrogen and oxygen atoms in total. The standard InChI is InChI=1S/C11H18ClN3O/c1-6(5-7(2)16)13-11-9(4)8(3)10(12)14-15-11/h6-7,16H,5H2,1-4H3,(H,13,15). The van der Waals surface area contributed by atoms with Crippen molar-refractivity contribution in [1.82, 2.24) is 10.2 Å². The van der Waals surface area contributed by atoms with Gasteiger partial charge in [0.25, 0.3) is 0 Å². The van der Waals surface area contributed by atoms with Crippen LogP contribution in [-0.4, -0.2) is 27.4 Å². The van der Waals surface area contributed by atoms with E-state index >= 15 is 0 Å². The summed E-state index contributed by atoms with van der Waals surface area (Å²) in [4.78, 5) is 0. The predicted molar refractivity (Wildman–Crippen MR) is 65.9 cm³/mol. The molecular formula is C11H18ClN3O. The molecule has 0 aromatic carbocycles. The van der Waals surface area contributed by atoms with Gasteiger partial charge in [0, 0.05) is 6.04 Å². The van der Waals surface area contributed by atoms with E-state index in [2.05, 4.69) is 15.5 Å². The number of nitrogens with zero attached hydrogens (tertiary/aromatic N) is 2. The second-order valence-electron chi connectivity index (χ2n) is 4.22. The van der Waals surface area contributed by atoms with Crippen LogP contribution in [0, 0.1) is 13.8 Å². The van der Waals surface area contributed by atoms with Crippen LogP contribution in [0.3, 0.4) is 0 Å². The van der Waals surface area contributed by atoms with E-state index in [0.717, 1.165) is 16.9 Å². The van der Waals surface area contributed by atoms with Crippen molar-refractivity contribution in [1.29, 1.82) is 0 Å². The van der Waals surface area contributed by atoms with Gasteiger partial charge in [0.1, 0.15) is 0 Å². The molecular weight excluding hydrogens is 226 g/mol. The molecule has 90 valence electrons. The molecule has 0 spiro atoms. The lowest BCUT2D eigenvalue weighted by molar-refractivity contribution is 0.179. The Morgan fingerprint density at radius 2 is 1.88 bits per heavy atom. The van der Waals surface area contributed by atoms with Crippen LogP contribution in [0.4, 0.5) is 5.82 Å². The molecule has 0 radical (unpaired) electrons. The Balaban J connectivity index is 2.78. The summed E-state index contributed by atoms with van der Waals surface area (Å²) in [5, 5.41) is 20.8. The Morgan fingerprint density at radius 1 is 1.25 bits per heavy atom. The zero-order chi connectivity index (χ0) is 12.3. The molecule has 0 bridgehead atoms. The molecule has 1 aromatic rings. The molecule has 0 amide bonds. The van der Waals surface area contributed by atoms with Gasteiger partial charge < -0.3 is 10.4 Å². The summed E-state index contributed by atoms with van der Waals surface area (Å²) < 4.78 is 0. The summed E-state index contributed by atoms with van der Waals surface area (Å²) in [7, 11) is 0. The van der Waals surface area contributed by atoms with Crippen molar-refractivity contribution in [3.63, 3.8) is 0 Å². The number of aliphatic hydroxyl groups excluding tert-OH is 1. The van der Waals surface area contributed by atoms with Gasteiger partial charge >= 0.3 is 0 Å². The Morgan fingerprint density at radius 3 is 2.44 bits per heavy atom. The van der Waals surface area contributed by atoms with E-state index in [4.69, 9.17) is 11.6 Å². The van der Waals surface area contributed by atoms with E-state index in [1.165, 1.54) is 0 Å². The number of halogens is 1. The highest BCUT2D eigenvalue weighted by molar-refractivity contribution is 6.30. The van der Waals surface area contributed by atoms with Crippen LogP contribution in [0.15, 0.2) is 0 Å². The summed E-state index contributed by atoms with van der Waals surface area (Å²) in [6.45, 7) is 7.63. The van der Waals surface area contributed by atoms with Gasteiger partial charge in [-0.25, -0.2) is 0 Å². The van der Waals surface area contributed by atoms with Crippen molar-refractivity contribution in [3.8, 4) is 0 Å². The first-order valence-electron chi connectivity index (χ1n) is 5.35. The topological polar surface area (TPSA) is 58.0 Å². The summed E-state index contributed by atoms with van der Waals surface area (Å²) in [5.41, 5.74) is 1.93. The summed E-state index contributed by atoms with van der Waals surface area (Å²) in [6.07, 6.45) is 0.340. The maximum Gasteiger partial charge on any atom is 0.155 e. The molecule has 0 fully saturated rings. The number of rotatable bonds is 4. The number of aromatic nitrogens is 2.